The van der Waals surface area contributed by atoms with Crippen LogP contribution in [0.4, 0.5) is 0 Å². The van der Waals surface area contributed by atoms with Crippen molar-refractivity contribution in [3.63, 3.8) is 0 Å². The number of carbonyl (C=O) groups is 1. The summed E-state index contributed by atoms with van der Waals surface area (Å²) in [7, 11) is -2.18. The van der Waals surface area contributed by atoms with Crippen molar-refractivity contribution in [2.24, 2.45) is 5.92 Å². The molecular weight excluding hydrogens is 248 g/mol. The van der Waals surface area contributed by atoms with Gasteiger partial charge in [-0.05, 0) is 6.42 Å². The highest BCUT2D eigenvalue weighted by Crippen LogP contribution is 2.26. The fourth-order valence-corrected chi connectivity index (χ4v) is 2.56. The van der Waals surface area contributed by atoms with Crippen molar-refractivity contribution in [1.82, 2.24) is 0 Å². The van der Waals surface area contributed by atoms with Gasteiger partial charge in [0.25, 0.3) is 10.1 Å². The van der Waals surface area contributed by atoms with E-state index in [1.165, 1.54) is 7.11 Å². The Morgan fingerprint density at radius 1 is 1.47 bits per heavy atom. The second-order valence-electron chi connectivity index (χ2n) is 4.18. The molecule has 0 saturated carbocycles. The third-order valence-corrected chi connectivity index (χ3v) is 3.40. The lowest BCUT2D eigenvalue weighted by atomic mass is 9.91. The third kappa shape index (κ3) is 4.61. The molecule has 17 heavy (non-hydrogen) atoms. The Morgan fingerprint density at radius 2 is 2.12 bits per heavy atom. The Kier molecular flexibility index (Phi) is 4.91. The maximum absolute atomic E-state index is 11.2. The van der Waals surface area contributed by atoms with E-state index >= 15 is 0 Å². The Bertz CT molecular complexity index is 363. The summed E-state index contributed by atoms with van der Waals surface area (Å²) in [6.07, 6.45) is 0.842. The molecule has 1 fully saturated rings. The van der Waals surface area contributed by atoms with Gasteiger partial charge in [0.15, 0.2) is 0 Å². The molecule has 0 spiro atoms. The van der Waals surface area contributed by atoms with Crippen LogP contribution in [-0.4, -0.2) is 46.6 Å². The van der Waals surface area contributed by atoms with E-state index in [9.17, 15) is 13.2 Å². The van der Waals surface area contributed by atoms with E-state index < -0.39 is 16.2 Å². The second kappa shape index (κ2) is 5.79. The zero-order chi connectivity index (χ0) is 13.1. The standard InChI is InChI=1S/C10H18O6S/c1-7-8(16-17(3,12)13)4-5-15-9(7)6-10(11)14-2/h7-9H,4-6H2,1-3H3/t7-,8+,9+/m1/s1. The molecule has 1 aliphatic heterocycles. The van der Waals surface area contributed by atoms with Crippen LogP contribution in [0.5, 0.6) is 0 Å². The summed E-state index contributed by atoms with van der Waals surface area (Å²) in [6.45, 7) is 2.19. The minimum atomic E-state index is -3.49. The molecule has 0 aromatic rings. The first-order valence-electron chi connectivity index (χ1n) is 5.40. The quantitative estimate of drug-likeness (QED) is 0.538. The molecule has 6 nitrogen and oxygen atoms in total. The van der Waals surface area contributed by atoms with E-state index in [2.05, 4.69) is 4.74 Å². The van der Waals surface area contributed by atoms with Crippen molar-refractivity contribution in [2.75, 3.05) is 20.0 Å². The fraction of sp³-hybridized carbons (Fsp3) is 0.900. The van der Waals surface area contributed by atoms with Crippen LogP contribution in [0.2, 0.25) is 0 Å². The highest BCUT2D eigenvalue weighted by Gasteiger charge is 2.35. The van der Waals surface area contributed by atoms with Crippen LogP contribution >= 0.6 is 0 Å². The molecule has 1 saturated heterocycles. The number of ether oxygens (including phenoxy) is 2. The summed E-state index contributed by atoms with van der Waals surface area (Å²) in [5.41, 5.74) is 0. The van der Waals surface area contributed by atoms with Gasteiger partial charge in [-0.2, -0.15) is 8.42 Å². The average Bonchev–Trinajstić information content (AvgIpc) is 2.22. The molecule has 0 aliphatic carbocycles. The van der Waals surface area contributed by atoms with Gasteiger partial charge in [0.05, 0.1) is 32.0 Å². The largest absolute Gasteiger partial charge is 0.469 e. The van der Waals surface area contributed by atoms with Crippen LogP contribution < -0.4 is 0 Å². The molecule has 7 heteroatoms. The minimum Gasteiger partial charge on any atom is -0.469 e. The van der Waals surface area contributed by atoms with E-state index in [0.717, 1.165) is 6.26 Å². The average molecular weight is 266 g/mol. The Balaban J connectivity index is 2.62. The molecule has 0 amide bonds. The number of hydrogen-bond acceptors (Lipinski definition) is 6. The maximum Gasteiger partial charge on any atom is 0.308 e. The van der Waals surface area contributed by atoms with Gasteiger partial charge in [0.1, 0.15) is 0 Å². The van der Waals surface area contributed by atoms with Gasteiger partial charge in [0, 0.05) is 12.5 Å². The molecule has 0 radical (unpaired) electrons. The molecule has 1 rings (SSSR count). The zero-order valence-electron chi connectivity index (χ0n) is 10.2. The Hall–Kier alpha value is -0.660. The van der Waals surface area contributed by atoms with Crippen molar-refractivity contribution in [1.29, 1.82) is 0 Å². The fourth-order valence-electron chi connectivity index (χ4n) is 1.84. The molecule has 0 N–H and O–H groups in total. The van der Waals surface area contributed by atoms with Crippen LogP contribution in [0.25, 0.3) is 0 Å². The summed E-state index contributed by atoms with van der Waals surface area (Å²) in [6, 6.07) is 0. The van der Waals surface area contributed by atoms with Crippen molar-refractivity contribution in [3.05, 3.63) is 0 Å². The monoisotopic (exact) mass is 266 g/mol. The number of rotatable bonds is 4. The molecule has 0 aromatic carbocycles. The molecule has 3 atom stereocenters. The topological polar surface area (TPSA) is 78.9 Å². The van der Waals surface area contributed by atoms with Crippen LogP contribution in [0.15, 0.2) is 0 Å². The summed E-state index contributed by atoms with van der Waals surface area (Å²) in [4.78, 5) is 11.2. The van der Waals surface area contributed by atoms with Gasteiger partial charge in [-0.1, -0.05) is 6.92 Å². The normalized spacial score (nSPS) is 29.9. The molecule has 0 aromatic heterocycles. The SMILES string of the molecule is COC(=O)C[C@@H]1OCC[C@H](OS(C)(=O)=O)[C@H]1C. The number of hydrogen-bond donors (Lipinski definition) is 0. The van der Waals surface area contributed by atoms with Gasteiger partial charge < -0.3 is 9.47 Å². The van der Waals surface area contributed by atoms with E-state index in [1.807, 2.05) is 6.92 Å². The van der Waals surface area contributed by atoms with Crippen LogP contribution in [0.3, 0.4) is 0 Å². The number of carbonyl (C=O) groups excluding carboxylic acids is 1. The molecule has 1 aliphatic rings. The summed E-state index contributed by atoms with van der Waals surface area (Å²) < 4.78 is 37.1. The molecule has 100 valence electrons. The first kappa shape index (κ1) is 14.4. The first-order chi connectivity index (χ1) is 7.83. The lowest BCUT2D eigenvalue weighted by molar-refractivity contribution is -0.148. The summed E-state index contributed by atoms with van der Waals surface area (Å²) in [5.74, 6) is -0.542. The second-order valence-corrected chi connectivity index (χ2v) is 5.78. The van der Waals surface area contributed by atoms with Gasteiger partial charge in [0.2, 0.25) is 0 Å². The number of methoxy groups -OCH3 is 1. The highest BCUT2D eigenvalue weighted by molar-refractivity contribution is 7.86. The predicted molar refractivity (Wildman–Crippen MR) is 59.9 cm³/mol. The minimum absolute atomic E-state index is 0.112. The smallest absolute Gasteiger partial charge is 0.308 e. The molecular formula is C10H18O6S. The van der Waals surface area contributed by atoms with E-state index in [-0.39, 0.29) is 24.4 Å². The van der Waals surface area contributed by atoms with E-state index in [1.54, 1.807) is 0 Å². The lowest BCUT2D eigenvalue weighted by Crippen LogP contribution is -2.41. The molecule has 0 bridgehead atoms. The molecule has 1 heterocycles. The van der Waals surface area contributed by atoms with Gasteiger partial charge in [-0.25, -0.2) is 0 Å². The van der Waals surface area contributed by atoms with Crippen molar-refractivity contribution < 1.29 is 26.9 Å². The van der Waals surface area contributed by atoms with Crippen LogP contribution in [0.1, 0.15) is 19.8 Å². The third-order valence-electron chi connectivity index (χ3n) is 2.80. The van der Waals surface area contributed by atoms with Crippen molar-refractivity contribution in [3.8, 4) is 0 Å². The predicted octanol–water partition coefficient (Wildman–Crippen LogP) is 0.319. The van der Waals surface area contributed by atoms with Gasteiger partial charge >= 0.3 is 5.97 Å². The van der Waals surface area contributed by atoms with Gasteiger partial charge in [-0.3, -0.25) is 8.98 Å². The molecule has 0 unspecified atom stereocenters. The van der Waals surface area contributed by atoms with Crippen LogP contribution in [-0.2, 0) is 28.6 Å². The first-order valence-corrected chi connectivity index (χ1v) is 7.22. The lowest BCUT2D eigenvalue weighted by Gasteiger charge is -2.34. The zero-order valence-corrected chi connectivity index (χ0v) is 11.0. The summed E-state index contributed by atoms with van der Waals surface area (Å²) in [5, 5.41) is 0. The summed E-state index contributed by atoms with van der Waals surface area (Å²) >= 11 is 0. The highest BCUT2D eigenvalue weighted by atomic mass is 32.2. The van der Waals surface area contributed by atoms with Crippen LogP contribution in [0, 0.1) is 5.92 Å². The van der Waals surface area contributed by atoms with Gasteiger partial charge in [-0.15, -0.1) is 0 Å². The Morgan fingerprint density at radius 3 is 2.65 bits per heavy atom. The van der Waals surface area contributed by atoms with Crippen molar-refractivity contribution in [2.45, 2.75) is 32.0 Å². The van der Waals surface area contributed by atoms with E-state index in [4.69, 9.17) is 8.92 Å². The van der Waals surface area contributed by atoms with Crippen molar-refractivity contribution >= 4 is 16.1 Å². The number of esters is 1. The maximum atomic E-state index is 11.2. The Labute approximate surface area is 101 Å². The van der Waals surface area contributed by atoms with E-state index in [0.29, 0.717) is 13.0 Å².